The number of carbonyl (C=O) groups is 1. The van der Waals surface area contributed by atoms with Gasteiger partial charge in [0.05, 0.1) is 5.02 Å². The molecule has 1 saturated heterocycles. The fraction of sp³-hybridized carbons (Fsp3) is 0.417. The summed E-state index contributed by atoms with van der Waals surface area (Å²) in [5.74, 6) is -0.260. The van der Waals surface area contributed by atoms with E-state index in [1.165, 1.54) is 16.4 Å². The number of carbonyl (C=O) groups excluding carboxylic acids is 1. The molecule has 1 aliphatic rings. The van der Waals surface area contributed by atoms with Crippen molar-refractivity contribution in [2.24, 2.45) is 0 Å². The molecule has 0 aromatic heterocycles. The second-order valence-electron chi connectivity index (χ2n) is 4.26. The number of rotatable bonds is 3. The molecule has 1 fully saturated rings. The zero-order valence-electron chi connectivity index (χ0n) is 10.5. The molecule has 19 heavy (non-hydrogen) atoms. The number of hydrogen-bond acceptors (Lipinski definition) is 3. The van der Waals surface area contributed by atoms with E-state index in [0.717, 1.165) is 0 Å². The van der Waals surface area contributed by atoms with Gasteiger partial charge in [-0.1, -0.05) is 30.7 Å². The van der Waals surface area contributed by atoms with E-state index in [4.69, 9.17) is 11.6 Å². The van der Waals surface area contributed by atoms with Crippen LogP contribution < -0.4 is 5.32 Å². The molecule has 104 valence electrons. The highest BCUT2D eigenvalue weighted by Crippen LogP contribution is 2.26. The summed E-state index contributed by atoms with van der Waals surface area (Å²) in [4.78, 5) is 11.8. The number of benzene rings is 1. The second kappa shape index (κ2) is 5.48. The molecule has 1 heterocycles. The molecule has 0 bridgehead atoms. The summed E-state index contributed by atoms with van der Waals surface area (Å²) in [5.41, 5.74) is 0. The van der Waals surface area contributed by atoms with Crippen molar-refractivity contribution in [2.75, 3.05) is 13.1 Å². The Hall–Kier alpha value is -1.11. The number of hydrogen-bond donors (Lipinski definition) is 1. The Balaban J connectivity index is 2.44. The van der Waals surface area contributed by atoms with Crippen molar-refractivity contribution >= 4 is 27.5 Å². The Morgan fingerprint density at radius 2 is 2.11 bits per heavy atom. The zero-order chi connectivity index (χ0) is 14.0. The van der Waals surface area contributed by atoms with Gasteiger partial charge in [0.25, 0.3) is 0 Å². The molecule has 1 unspecified atom stereocenters. The second-order valence-corrected chi connectivity index (χ2v) is 6.53. The zero-order valence-corrected chi connectivity index (χ0v) is 12.0. The molecule has 7 heteroatoms. The van der Waals surface area contributed by atoms with Crippen LogP contribution in [0, 0.1) is 0 Å². The largest absolute Gasteiger partial charge is 0.353 e. The third-order valence-electron chi connectivity index (χ3n) is 3.09. The number of amides is 1. The van der Waals surface area contributed by atoms with E-state index >= 15 is 0 Å². The van der Waals surface area contributed by atoms with Crippen LogP contribution in [0.3, 0.4) is 0 Å². The molecule has 2 rings (SSSR count). The first-order valence-electron chi connectivity index (χ1n) is 6.02. The first kappa shape index (κ1) is 14.3. The van der Waals surface area contributed by atoms with E-state index < -0.39 is 16.1 Å². The van der Waals surface area contributed by atoms with Crippen LogP contribution in [-0.2, 0) is 14.8 Å². The summed E-state index contributed by atoms with van der Waals surface area (Å²) in [7, 11) is -3.75. The molecule has 1 amide bonds. The quantitative estimate of drug-likeness (QED) is 0.913. The lowest BCUT2D eigenvalue weighted by Crippen LogP contribution is -2.56. The van der Waals surface area contributed by atoms with Crippen LogP contribution in [0.15, 0.2) is 29.2 Å². The van der Waals surface area contributed by atoms with Gasteiger partial charge in [-0.25, -0.2) is 8.42 Å². The van der Waals surface area contributed by atoms with Gasteiger partial charge < -0.3 is 5.32 Å². The summed E-state index contributed by atoms with van der Waals surface area (Å²) in [6.45, 7) is 2.36. The van der Waals surface area contributed by atoms with Gasteiger partial charge in [0, 0.05) is 13.1 Å². The molecule has 1 aromatic rings. The SMILES string of the molecule is CCC1C(=O)NCCN1S(=O)(=O)c1ccccc1Cl. The number of sulfonamides is 1. The summed E-state index contributed by atoms with van der Waals surface area (Å²) < 4.78 is 26.4. The highest BCUT2D eigenvalue weighted by Gasteiger charge is 2.37. The topological polar surface area (TPSA) is 66.5 Å². The van der Waals surface area contributed by atoms with Crippen molar-refractivity contribution < 1.29 is 13.2 Å². The maximum atomic E-state index is 12.6. The fourth-order valence-electron chi connectivity index (χ4n) is 2.15. The Bertz CT molecular complexity index is 588. The third-order valence-corrected chi connectivity index (χ3v) is 5.50. The maximum absolute atomic E-state index is 12.6. The lowest BCUT2D eigenvalue weighted by atomic mass is 10.2. The minimum absolute atomic E-state index is 0.0461. The van der Waals surface area contributed by atoms with Crippen LogP contribution in [0.25, 0.3) is 0 Å². The summed E-state index contributed by atoms with van der Waals surface area (Å²) in [5, 5.41) is 2.84. The number of piperazine rings is 1. The Morgan fingerprint density at radius 1 is 1.42 bits per heavy atom. The molecular weight excluding hydrogens is 288 g/mol. The van der Waals surface area contributed by atoms with E-state index in [1.807, 2.05) is 0 Å². The number of nitrogens with one attached hydrogen (secondary N) is 1. The minimum atomic E-state index is -3.75. The first-order valence-corrected chi connectivity index (χ1v) is 7.84. The third kappa shape index (κ3) is 2.61. The van der Waals surface area contributed by atoms with Crippen LogP contribution >= 0.6 is 11.6 Å². The predicted octanol–water partition coefficient (Wildman–Crippen LogP) is 1.24. The molecule has 0 saturated carbocycles. The van der Waals surface area contributed by atoms with Crippen molar-refractivity contribution in [3.8, 4) is 0 Å². The lowest BCUT2D eigenvalue weighted by Gasteiger charge is -2.33. The standard InChI is InChI=1S/C12H15ClN2O3S/c1-2-10-12(16)14-7-8-15(10)19(17,18)11-6-4-3-5-9(11)13/h3-6,10H,2,7-8H2,1H3,(H,14,16). The van der Waals surface area contributed by atoms with Gasteiger partial charge in [-0.05, 0) is 18.6 Å². The highest BCUT2D eigenvalue weighted by molar-refractivity contribution is 7.89. The highest BCUT2D eigenvalue weighted by atomic mass is 35.5. The van der Waals surface area contributed by atoms with Gasteiger partial charge in [-0.3, -0.25) is 4.79 Å². The van der Waals surface area contributed by atoms with E-state index in [-0.39, 0.29) is 22.4 Å². The van der Waals surface area contributed by atoms with E-state index in [9.17, 15) is 13.2 Å². The van der Waals surface area contributed by atoms with Crippen LogP contribution in [-0.4, -0.2) is 37.8 Å². The molecular formula is C12H15ClN2O3S. The normalized spacial score (nSPS) is 21.2. The van der Waals surface area contributed by atoms with Gasteiger partial charge in [0.15, 0.2) is 0 Å². The Morgan fingerprint density at radius 3 is 2.74 bits per heavy atom. The Labute approximate surface area is 117 Å². The predicted molar refractivity (Wildman–Crippen MR) is 72.4 cm³/mol. The van der Waals surface area contributed by atoms with Crippen molar-refractivity contribution in [3.05, 3.63) is 29.3 Å². The first-order chi connectivity index (χ1) is 8.98. The molecule has 1 N–H and O–H groups in total. The van der Waals surface area contributed by atoms with Crippen molar-refractivity contribution in [2.45, 2.75) is 24.3 Å². The summed E-state index contributed by atoms with van der Waals surface area (Å²) in [6, 6.07) is 5.59. The van der Waals surface area contributed by atoms with Gasteiger partial charge in [0.2, 0.25) is 15.9 Å². The average molecular weight is 303 g/mol. The average Bonchev–Trinajstić information content (AvgIpc) is 2.38. The minimum Gasteiger partial charge on any atom is -0.353 e. The fourth-order valence-corrected chi connectivity index (χ4v) is 4.31. The van der Waals surface area contributed by atoms with Crippen LogP contribution in [0.1, 0.15) is 13.3 Å². The molecule has 1 atom stereocenters. The van der Waals surface area contributed by atoms with E-state index in [0.29, 0.717) is 13.0 Å². The van der Waals surface area contributed by atoms with Crippen molar-refractivity contribution in [1.82, 2.24) is 9.62 Å². The summed E-state index contributed by atoms with van der Waals surface area (Å²) >= 11 is 5.95. The van der Waals surface area contributed by atoms with Gasteiger partial charge in [0.1, 0.15) is 10.9 Å². The Kier molecular flexibility index (Phi) is 4.13. The van der Waals surface area contributed by atoms with Crippen LogP contribution in [0.2, 0.25) is 5.02 Å². The maximum Gasteiger partial charge on any atom is 0.245 e. The monoisotopic (exact) mass is 302 g/mol. The van der Waals surface area contributed by atoms with Gasteiger partial charge in [-0.2, -0.15) is 4.31 Å². The molecule has 0 aliphatic carbocycles. The molecule has 0 radical (unpaired) electrons. The molecule has 5 nitrogen and oxygen atoms in total. The van der Waals surface area contributed by atoms with Crippen LogP contribution in [0.5, 0.6) is 0 Å². The lowest BCUT2D eigenvalue weighted by molar-refractivity contribution is -0.126. The van der Waals surface area contributed by atoms with Crippen molar-refractivity contribution in [3.63, 3.8) is 0 Å². The summed E-state index contributed by atoms with van der Waals surface area (Å²) in [6.07, 6.45) is 0.426. The van der Waals surface area contributed by atoms with Gasteiger partial charge >= 0.3 is 0 Å². The smallest absolute Gasteiger partial charge is 0.245 e. The van der Waals surface area contributed by atoms with Gasteiger partial charge in [-0.15, -0.1) is 0 Å². The van der Waals surface area contributed by atoms with E-state index in [1.54, 1.807) is 19.1 Å². The van der Waals surface area contributed by atoms with Crippen molar-refractivity contribution in [1.29, 1.82) is 0 Å². The van der Waals surface area contributed by atoms with Crippen LogP contribution in [0.4, 0.5) is 0 Å². The van der Waals surface area contributed by atoms with E-state index in [2.05, 4.69) is 5.32 Å². The number of nitrogens with zero attached hydrogens (tertiary/aromatic N) is 1. The molecule has 1 aliphatic heterocycles. The molecule has 1 aromatic carbocycles. The number of halogens is 1. The molecule has 0 spiro atoms.